The Bertz CT molecular complexity index is 1050. The molecule has 6 heteroatoms. The lowest BCUT2D eigenvalue weighted by molar-refractivity contribution is 0.180. The van der Waals surface area contributed by atoms with Gasteiger partial charge >= 0.3 is 6.03 Å². The quantitative estimate of drug-likeness (QED) is 0.541. The predicted octanol–water partition coefficient (Wildman–Crippen LogP) is 5.15. The molecule has 32 heavy (non-hydrogen) atoms. The van der Waals surface area contributed by atoms with E-state index < -0.39 is 0 Å². The number of carbonyl (C=O) groups excluding carboxylic acids is 1. The fraction of sp³-hybridized carbons (Fsp3) is 0.385. The minimum atomic E-state index is -0.185. The standard InChI is InChI=1S/C26H31FN4O/c1-19-18-25(23-4-2-3-5-24(23)29-19)30-26(32)28-14-17-31-15-12-21(13-16-31)7-6-20-8-10-22(27)11-9-20/h2-5,8-11,18,21H,6-7,12-17H2,1H3,(H2,28,29,30,32). The molecule has 0 unspecified atom stereocenters. The summed E-state index contributed by atoms with van der Waals surface area (Å²) in [6.07, 6.45) is 4.51. The lowest BCUT2D eigenvalue weighted by Gasteiger charge is -2.32. The number of pyridine rings is 1. The summed E-state index contributed by atoms with van der Waals surface area (Å²) in [7, 11) is 0. The highest BCUT2D eigenvalue weighted by Crippen LogP contribution is 2.23. The average molecular weight is 435 g/mol. The molecule has 1 aliphatic heterocycles. The van der Waals surface area contributed by atoms with E-state index in [9.17, 15) is 9.18 Å². The number of fused-ring (bicyclic) bond motifs is 1. The van der Waals surface area contributed by atoms with Gasteiger partial charge in [-0.1, -0.05) is 30.3 Å². The van der Waals surface area contributed by atoms with Gasteiger partial charge < -0.3 is 15.5 Å². The van der Waals surface area contributed by atoms with Crippen molar-refractivity contribution in [3.63, 3.8) is 0 Å². The lowest BCUT2D eigenvalue weighted by Crippen LogP contribution is -2.40. The van der Waals surface area contributed by atoms with Gasteiger partial charge in [-0.3, -0.25) is 4.98 Å². The van der Waals surface area contributed by atoms with Crippen LogP contribution < -0.4 is 10.6 Å². The molecule has 0 atom stereocenters. The summed E-state index contributed by atoms with van der Waals surface area (Å²) in [6, 6.07) is 16.4. The van der Waals surface area contributed by atoms with Crippen LogP contribution in [0.15, 0.2) is 54.6 Å². The third-order valence-electron chi connectivity index (χ3n) is 6.27. The number of nitrogens with zero attached hydrogens (tertiary/aromatic N) is 2. The van der Waals surface area contributed by atoms with E-state index in [-0.39, 0.29) is 11.8 Å². The van der Waals surface area contributed by atoms with Crippen LogP contribution in [0.3, 0.4) is 0 Å². The minimum absolute atomic E-state index is 0.173. The number of amides is 2. The number of carbonyl (C=O) groups is 1. The summed E-state index contributed by atoms with van der Waals surface area (Å²) in [6.45, 7) is 5.53. The Hall–Kier alpha value is -2.99. The molecule has 2 N–H and O–H groups in total. The fourth-order valence-corrected chi connectivity index (χ4v) is 4.43. The Balaban J connectivity index is 1.17. The third-order valence-corrected chi connectivity index (χ3v) is 6.27. The molecule has 5 nitrogen and oxygen atoms in total. The Morgan fingerprint density at radius 2 is 1.88 bits per heavy atom. The Kier molecular flexibility index (Phi) is 7.32. The zero-order valence-corrected chi connectivity index (χ0v) is 18.6. The van der Waals surface area contributed by atoms with Crippen LogP contribution >= 0.6 is 0 Å². The molecular weight excluding hydrogens is 403 g/mol. The van der Waals surface area contributed by atoms with Gasteiger partial charge in [0.2, 0.25) is 0 Å². The number of anilines is 1. The molecule has 4 rings (SSSR count). The molecule has 1 saturated heterocycles. The van der Waals surface area contributed by atoms with Gasteiger partial charge in [-0.05, 0) is 81.4 Å². The van der Waals surface area contributed by atoms with Gasteiger partial charge in [0.15, 0.2) is 0 Å². The van der Waals surface area contributed by atoms with E-state index in [1.807, 2.05) is 49.4 Å². The molecule has 2 aromatic carbocycles. The summed E-state index contributed by atoms with van der Waals surface area (Å²) in [5.41, 5.74) is 3.75. The zero-order chi connectivity index (χ0) is 22.3. The van der Waals surface area contributed by atoms with Crippen molar-refractivity contribution in [3.8, 4) is 0 Å². The number of benzene rings is 2. The molecule has 0 bridgehead atoms. The number of para-hydroxylation sites is 1. The number of hydrogen-bond donors (Lipinski definition) is 2. The largest absolute Gasteiger partial charge is 0.337 e. The second-order valence-corrected chi connectivity index (χ2v) is 8.66. The molecule has 3 aromatic rings. The van der Waals surface area contributed by atoms with Crippen LogP contribution in [-0.2, 0) is 6.42 Å². The molecular formula is C26H31FN4O. The van der Waals surface area contributed by atoms with E-state index in [1.54, 1.807) is 12.1 Å². The molecule has 1 fully saturated rings. The van der Waals surface area contributed by atoms with Gasteiger partial charge in [-0.2, -0.15) is 0 Å². The van der Waals surface area contributed by atoms with Crippen LogP contribution in [-0.4, -0.2) is 42.1 Å². The number of aromatic nitrogens is 1. The average Bonchev–Trinajstić information content (AvgIpc) is 2.79. The van der Waals surface area contributed by atoms with Crippen LogP contribution in [0.4, 0.5) is 14.9 Å². The van der Waals surface area contributed by atoms with E-state index in [1.165, 1.54) is 18.4 Å². The molecule has 0 spiro atoms. The highest BCUT2D eigenvalue weighted by molar-refractivity contribution is 6.00. The number of rotatable bonds is 7. The fourth-order valence-electron chi connectivity index (χ4n) is 4.43. The Labute approximate surface area is 189 Å². The SMILES string of the molecule is Cc1cc(NC(=O)NCCN2CCC(CCc3ccc(F)cc3)CC2)c2ccccc2n1. The van der Waals surface area contributed by atoms with Gasteiger partial charge in [-0.25, -0.2) is 9.18 Å². The van der Waals surface area contributed by atoms with Gasteiger partial charge in [0.25, 0.3) is 0 Å². The van der Waals surface area contributed by atoms with Crippen LogP contribution in [0.5, 0.6) is 0 Å². The van der Waals surface area contributed by atoms with E-state index in [0.29, 0.717) is 6.54 Å². The van der Waals surface area contributed by atoms with Crippen molar-refractivity contribution >= 4 is 22.6 Å². The molecule has 2 heterocycles. The number of urea groups is 1. The number of hydrogen-bond acceptors (Lipinski definition) is 3. The second-order valence-electron chi connectivity index (χ2n) is 8.66. The molecule has 0 saturated carbocycles. The summed E-state index contributed by atoms with van der Waals surface area (Å²) in [5, 5.41) is 6.90. The molecule has 1 aliphatic rings. The first-order chi connectivity index (χ1) is 15.6. The summed E-state index contributed by atoms with van der Waals surface area (Å²) >= 11 is 0. The van der Waals surface area contributed by atoms with E-state index in [2.05, 4.69) is 20.5 Å². The first kappa shape index (κ1) is 22.2. The smallest absolute Gasteiger partial charge is 0.319 e. The van der Waals surface area contributed by atoms with Crippen LogP contribution in [0.1, 0.15) is 30.5 Å². The highest BCUT2D eigenvalue weighted by atomic mass is 19.1. The highest BCUT2D eigenvalue weighted by Gasteiger charge is 2.19. The number of halogens is 1. The number of aryl methyl sites for hydroxylation is 2. The van der Waals surface area contributed by atoms with Crippen molar-refractivity contribution in [2.24, 2.45) is 5.92 Å². The monoisotopic (exact) mass is 434 g/mol. The maximum Gasteiger partial charge on any atom is 0.319 e. The topological polar surface area (TPSA) is 57.3 Å². The van der Waals surface area contributed by atoms with Crippen molar-refractivity contribution < 1.29 is 9.18 Å². The molecule has 2 amide bonds. The van der Waals surface area contributed by atoms with Crippen LogP contribution in [0.25, 0.3) is 10.9 Å². The summed E-state index contributed by atoms with van der Waals surface area (Å²) in [5.74, 6) is 0.546. The van der Waals surface area contributed by atoms with Crippen LogP contribution in [0.2, 0.25) is 0 Å². The first-order valence-corrected chi connectivity index (χ1v) is 11.4. The van der Waals surface area contributed by atoms with Crippen molar-refractivity contribution in [3.05, 3.63) is 71.7 Å². The van der Waals surface area contributed by atoms with Gasteiger partial charge in [0, 0.05) is 24.2 Å². The van der Waals surface area contributed by atoms with E-state index >= 15 is 0 Å². The molecule has 1 aromatic heterocycles. The minimum Gasteiger partial charge on any atom is -0.337 e. The molecule has 0 radical (unpaired) electrons. The van der Waals surface area contributed by atoms with Crippen LogP contribution in [0, 0.1) is 18.7 Å². The van der Waals surface area contributed by atoms with Crippen molar-refractivity contribution in [1.82, 2.24) is 15.2 Å². The Morgan fingerprint density at radius 1 is 1.12 bits per heavy atom. The normalized spacial score (nSPS) is 15.1. The van der Waals surface area contributed by atoms with Gasteiger partial charge in [0.1, 0.15) is 5.82 Å². The second kappa shape index (κ2) is 10.6. The maximum atomic E-state index is 13.0. The Morgan fingerprint density at radius 3 is 2.66 bits per heavy atom. The summed E-state index contributed by atoms with van der Waals surface area (Å²) in [4.78, 5) is 19.3. The van der Waals surface area contributed by atoms with E-state index in [4.69, 9.17) is 0 Å². The predicted molar refractivity (Wildman–Crippen MR) is 127 cm³/mol. The van der Waals surface area contributed by atoms with E-state index in [0.717, 1.165) is 60.7 Å². The number of likely N-dealkylation sites (tertiary alicyclic amines) is 1. The van der Waals surface area contributed by atoms with Crippen molar-refractivity contribution in [1.29, 1.82) is 0 Å². The first-order valence-electron chi connectivity index (χ1n) is 11.4. The van der Waals surface area contributed by atoms with Gasteiger partial charge in [-0.15, -0.1) is 0 Å². The molecule has 168 valence electrons. The summed E-state index contributed by atoms with van der Waals surface area (Å²) < 4.78 is 13.0. The van der Waals surface area contributed by atoms with Crippen molar-refractivity contribution in [2.75, 3.05) is 31.5 Å². The zero-order valence-electron chi connectivity index (χ0n) is 18.6. The molecule has 0 aliphatic carbocycles. The lowest BCUT2D eigenvalue weighted by atomic mass is 9.90. The number of nitrogens with one attached hydrogen (secondary N) is 2. The van der Waals surface area contributed by atoms with Crippen molar-refractivity contribution in [2.45, 2.75) is 32.6 Å². The third kappa shape index (κ3) is 6.04. The van der Waals surface area contributed by atoms with Gasteiger partial charge in [0.05, 0.1) is 11.2 Å². The maximum absolute atomic E-state index is 13.0. The number of piperidine rings is 1.